The van der Waals surface area contributed by atoms with E-state index in [2.05, 4.69) is 43.4 Å². The lowest BCUT2D eigenvalue weighted by molar-refractivity contribution is 0.517. The minimum absolute atomic E-state index is 0.0130. The van der Waals surface area contributed by atoms with Gasteiger partial charge in [0.05, 0.1) is 5.69 Å². The van der Waals surface area contributed by atoms with E-state index in [1.165, 1.54) is 5.56 Å². The number of rotatable bonds is 5. The molecule has 3 heteroatoms. The summed E-state index contributed by atoms with van der Waals surface area (Å²) in [7, 11) is 1.77. The zero-order valence-electron chi connectivity index (χ0n) is 12.3. The van der Waals surface area contributed by atoms with Gasteiger partial charge in [-0.2, -0.15) is 0 Å². The fourth-order valence-electron chi connectivity index (χ4n) is 2.36. The molecule has 0 aliphatic rings. The monoisotopic (exact) mass is 270 g/mol. The van der Waals surface area contributed by atoms with Crippen LogP contribution in [-0.2, 0) is 7.05 Å². The summed E-state index contributed by atoms with van der Waals surface area (Å²) in [5.74, 6) is 1.01. The molecule has 1 aromatic carbocycles. The molecule has 2 rings (SSSR count). The Bertz CT molecular complexity index is 602. The van der Waals surface area contributed by atoms with Crippen LogP contribution in [0.2, 0.25) is 0 Å². The molecule has 0 spiro atoms. The SMILES string of the molecule is CC(C)C(CNc1ccc(=O)n(C)c1)c1ccccc1. The Hall–Kier alpha value is -2.03. The number of aryl methyl sites for hydroxylation is 1. The molecule has 3 nitrogen and oxygen atoms in total. The van der Waals surface area contributed by atoms with E-state index in [1.807, 2.05) is 18.3 Å². The molecule has 106 valence electrons. The number of hydrogen-bond acceptors (Lipinski definition) is 2. The van der Waals surface area contributed by atoms with Crippen molar-refractivity contribution in [2.45, 2.75) is 19.8 Å². The maximum atomic E-state index is 11.4. The summed E-state index contributed by atoms with van der Waals surface area (Å²) >= 11 is 0. The number of aromatic nitrogens is 1. The molecule has 0 aliphatic heterocycles. The fraction of sp³-hybridized carbons (Fsp3) is 0.353. The second-order valence-electron chi connectivity index (χ2n) is 5.51. The molecule has 0 saturated carbocycles. The molecule has 0 aliphatic carbocycles. The topological polar surface area (TPSA) is 34.0 Å². The van der Waals surface area contributed by atoms with Gasteiger partial charge in [-0.15, -0.1) is 0 Å². The number of pyridine rings is 1. The summed E-state index contributed by atoms with van der Waals surface area (Å²) in [6, 6.07) is 14.0. The summed E-state index contributed by atoms with van der Waals surface area (Å²) in [6.07, 6.45) is 1.84. The molecule has 1 unspecified atom stereocenters. The molecule has 0 amide bonds. The van der Waals surface area contributed by atoms with E-state index >= 15 is 0 Å². The molecule has 20 heavy (non-hydrogen) atoms. The van der Waals surface area contributed by atoms with E-state index < -0.39 is 0 Å². The standard InChI is InChI=1S/C17H22N2O/c1-13(2)16(14-7-5-4-6-8-14)11-18-15-9-10-17(20)19(3)12-15/h4-10,12-13,16,18H,11H2,1-3H3. The van der Waals surface area contributed by atoms with E-state index in [0.717, 1.165) is 12.2 Å². The van der Waals surface area contributed by atoms with Gasteiger partial charge >= 0.3 is 0 Å². The number of nitrogens with one attached hydrogen (secondary N) is 1. The van der Waals surface area contributed by atoms with E-state index in [9.17, 15) is 4.79 Å². The Labute approximate surface area is 120 Å². The number of nitrogens with zero attached hydrogens (tertiary/aromatic N) is 1. The normalized spacial score (nSPS) is 12.4. The molecule has 1 atom stereocenters. The van der Waals surface area contributed by atoms with Gasteiger partial charge in [-0.05, 0) is 17.5 Å². The summed E-state index contributed by atoms with van der Waals surface area (Å²) in [4.78, 5) is 11.4. The van der Waals surface area contributed by atoms with Crippen molar-refractivity contribution in [2.24, 2.45) is 13.0 Å². The molecular formula is C17H22N2O. The van der Waals surface area contributed by atoms with Crippen LogP contribution < -0.4 is 10.9 Å². The zero-order chi connectivity index (χ0) is 14.5. The predicted octanol–water partition coefficient (Wildman–Crippen LogP) is 3.24. The van der Waals surface area contributed by atoms with Crippen molar-refractivity contribution < 1.29 is 0 Å². The van der Waals surface area contributed by atoms with Crippen molar-refractivity contribution in [1.82, 2.24) is 4.57 Å². The predicted molar refractivity (Wildman–Crippen MR) is 84.2 cm³/mol. The molecule has 0 radical (unpaired) electrons. The lowest BCUT2D eigenvalue weighted by Crippen LogP contribution is -2.20. The molecular weight excluding hydrogens is 248 g/mol. The van der Waals surface area contributed by atoms with Crippen molar-refractivity contribution in [3.05, 3.63) is 64.6 Å². The summed E-state index contributed by atoms with van der Waals surface area (Å²) in [6.45, 7) is 5.33. The molecule has 2 aromatic rings. The third-order valence-corrected chi connectivity index (χ3v) is 3.64. The molecule has 1 heterocycles. The van der Waals surface area contributed by atoms with Crippen LogP contribution in [-0.4, -0.2) is 11.1 Å². The van der Waals surface area contributed by atoms with Crippen LogP contribution in [0.5, 0.6) is 0 Å². The largest absolute Gasteiger partial charge is 0.383 e. The fourth-order valence-corrected chi connectivity index (χ4v) is 2.36. The van der Waals surface area contributed by atoms with Crippen molar-refractivity contribution >= 4 is 5.69 Å². The summed E-state index contributed by atoms with van der Waals surface area (Å²) < 4.78 is 1.59. The first-order valence-corrected chi connectivity index (χ1v) is 7.03. The maximum absolute atomic E-state index is 11.4. The third kappa shape index (κ3) is 3.50. The first-order valence-electron chi connectivity index (χ1n) is 7.03. The lowest BCUT2D eigenvalue weighted by atomic mass is 9.88. The Balaban J connectivity index is 2.10. The van der Waals surface area contributed by atoms with Gasteiger partial charge in [0.25, 0.3) is 0 Å². The van der Waals surface area contributed by atoms with E-state index in [4.69, 9.17) is 0 Å². The molecule has 1 N–H and O–H groups in total. The zero-order valence-corrected chi connectivity index (χ0v) is 12.3. The Kier molecular flexibility index (Phi) is 4.61. The van der Waals surface area contributed by atoms with Gasteiger partial charge < -0.3 is 9.88 Å². The highest BCUT2D eigenvalue weighted by atomic mass is 16.1. The molecule has 0 fully saturated rings. The van der Waals surface area contributed by atoms with Crippen LogP contribution in [0.15, 0.2) is 53.5 Å². The van der Waals surface area contributed by atoms with E-state index in [1.54, 1.807) is 17.7 Å². The molecule has 0 bridgehead atoms. The highest BCUT2D eigenvalue weighted by Gasteiger charge is 2.15. The van der Waals surface area contributed by atoms with Gasteiger partial charge in [0.15, 0.2) is 0 Å². The van der Waals surface area contributed by atoms with Crippen molar-refractivity contribution in [3.63, 3.8) is 0 Å². The number of benzene rings is 1. The minimum atomic E-state index is 0.0130. The number of hydrogen-bond donors (Lipinski definition) is 1. The van der Waals surface area contributed by atoms with Gasteiger partial charge in [0.1, 0.15) is 0 Å². The highest BCUT2D eigenvalue weighted by Crippen LogP contribution is 2.24. The van der Waals surface area contributed by atoms with Crippen LogP contribution in [0, 0.1) is 5.92 Å². The molecule has 1 aromatic heterocycles. The maximum Gasteiger partial charge on any atom is 0.250 e. The Morgan fingerprint density at radius 2 is 1.80 bits per heavy atom. The van der Waals surface area contributed by atoms with Crippen LogP contribution in [0.25, 0.3) is 0 Å². The summed E-state index contributed by atoms with van der Waals surface area (Å²) in [5, 5.41) is 3.43. The van der Waals surface area contributed by atoms with Gasteiger partial charge in [-0.3, -0.25) is 4.79 Å². The average molecular weight is 270 g/mol. The second kappa shape index (κ2) is 6.42. The third-order valence-electron chi connectivity index (χ3n) is 3.64. The quantitative estimate of drug-likeness (QED) is 0.905. The smallest absolute Gasteiger partial charge is 0.250 e. The van der Waals surface area contributed by atoms with Crippen LogP contribution >= 0.6 is 0 Å². The van der Waals surface area contributed by atoms with Crippen LogP contribution in [0.1, 0.15) is 25.3 Å². The van der Waals surface area contributed by atoms with Gasteiger partial charge in [-0.1, -0.05) is 44.2 Å². The first-order chi connectivity index (χ1) is 9.58. The van der Waals surface area contributed by atoms with Gasteiger partial charge in [0.2, 0.25) is 5.56 Å². The summed E-state index contributed by atoms with van der Waals surface area (Å²) in [5.41, 5.74) is 2.34. The highest BCUT2D eigenvalue weighted by molar-refractivity contribution is 5.41. The Morgan fingerprint density at radius 3 is 2.40 bits per heavy atom. The average Bonchev–Trinajstić information content (AvgIpc) is 2.44. The lowest BCUT2D eigenvalue weighted by Gasteiger charge is -2.22. The van der Waals surface area contributed by atoms with Crippen molar-refractivity contribution in [1.29, 1.82) is 0 Å². The first kappa shape index (κ1) is 14.4. The number of anilines is 1. The van der Waals surface area contributed by atoms with E-state index in [-0.39, 0.29) is 5.56 Å². The van der Waals surface area contributed by atoms with Crippen LogP contribution in [0.3, 0.4) is 0 Å². The van der Waals surface area contributed by atoms with Gasteiger partial charge in [-0.25, -0.2) is 0 Å². The van der Waals surface area contributed by atoms with E-state index in [0.29, 0.717) is 11.8 Å². The second-order valence-corrected chi connectivity index (χ2v) is 5.51. The van der Waals surface area contributed by atoms with Gasteiger partial charge in [0, 0.05) is 31.8 Å². The minimum Gasteiger partial charge on any atom is -0.383 e. The molecule has 0 saturated heterocycles. The Morgan fingerprint density at radius 1 is 1.10 bits per heavy atom. The van der Waals surface area contributed by atoms with Crippen molar-refractivity contribution in [3.8, 4) is 0 Å². The van der Waals surface area contributed by atoms with Crippen molar-refractivity contribution in [2.75, 3.05) is 11.9 Å². The van der Waals surface area contributed by atoms with Crippen LogP contribution in [0.4, 0.5) is 5.69 Å².